The summed E-state index contributed by atoms with van der Waals surface area (Å²) in [5.74, 6) is -0.301. The van der Waals surface area contributed by atoms with Crippen LogP contribution in [0.1, 0.15) is 31.7 Å². The second-order valence-corrected chi connectivity index (χ2v) is 11.2. The minimum Gasteiger partial charge on any atom is -0.378 e. The third-order valence-corrected chi connectivity index (χ3v) is 8.56. The summed E-state index contributed by atoms with van der Waals surface area (Å²) in [4.78, 5) is 16.8. The van der Waals surface area contributed by atoms with Crippen molar-refractivity contribution in [3.05, 3.63) is 54.1 Å². The van der Waals surface area contributed by atoms with E-state index in [4.69, 9.17) is 4.74 Å². The molecule has 2 aliphatic heterocycles. The van der Waals surface area contributed by atoms with Crippen molar-refractivity contribution < 1.29 is 17.9 Å². The number of carbonyl (C=O) groups is 1. The average Bonchev–Trinajstić information content (AvgIpc) is 3.27. The molecular formula is C26H34N2O4S. The molecular weight excluding hydrogens is 436 g/mol. The van der Waals surface area contributed by atoms with Crippen LogP contribution in [0.2, 0.25) is 0 Å². The van der Waals surface area contributed by atoms with Crippen LogP contribution in [0.25, 0.3) is 11.1 Å². The molecule has 0 saturated carbocycles. The van der Waals surface area contributed by atoms with Gasteiger partial charge in [0.25, 0.3) is 0 Å². The van der Waals surface area contributed by atoms with E-state index in [2.05, 4.69) is 36.1 Å². The van der Waals surface area contributed by atoms with Crippen LogP contribution in [0, 0.1) is 0 Å². The molecule has 2 heterocycles. The Kier molecular flexibility index (Phi) is 7.83. The molecule has 0 aromatic heterocycles. The molecule has 7 heteroatoms. The van der Waals surface area contributed by atoms with Gasteiger partial charge in [-0.15, -0.1) is 0 Å². The van der Waals surface area contributed by atoms with Crippen LogP contribution in [0.15, 0.2) is 53.4 Å². The van der Waals surface area contributed by atoms with Gasteiger partial charge >= 0.3 is 0 Å². The van der Waals surface area contributed by atoms with E-state index in [9.17, 15) is 13.2 Å². The lowest BCUT2D eigenvalue weighted by molar-refractivity contribution is -0.134. The van der Waals surface area contributed by atoms with Gasteiger partial charge < -0.3 is 14.5 Å². The Morgan fingerprint density at radius 1 is 0.970 bits per heavy atom. The minimum atomic E-state index is -3.50. The van der Waals surface area contributed by atoms with Gasteiger partial charge in [-0.25, -0.2) is 8.42 Å². The van der Waals surface area contributed by atoms with E-state index in [1.165, 1.54) is 24.9 Å². The highest BCUT2D eigenvalue weighted by molar-refractivity contribution is 7.91. The monoisotopic (exact) mass is 470 g/mol. The first-order chi connectivity index (χ1) is 15.9. The van der Waals surface area contributed by atoms with Crippen molar-refractivity contribution in [2.75, 3.05) is 45.1 Å². The van der Waals surface area contributed by atoms with Gasteiger partial charge in [0.05, 0.1) is 23.9 Å². The van der Waals surface area contributed by atoms with Crippen LogP contribution in [0.4, 0.5) is 0 Å². The summed E-state index contributed by atoms with van der Waals surface area (Å²) in [5, 5.41) is 0. The van der Waals surface area contributed by atoms with Crippen molar-refractivity contribution in [3.8, 4) is 11.1 Å². The predicted molar refractivity (Wildman–Crippen MR) is 130 cm³/mol. The summed E-state index contributed by atoms with van der Waals surface area (Å²) >= 11 is 0. The zero-order valence-corrected chi connectivity index (χ0v) is 20.2. The summed E-state index contributed by atoms with van der Waals surface area (Å²) in [5.41, 5.74) is 3.37. The number of morpholine rings is 1. The first-order valence-electron chi connectivity index (χ1n) is 11.9. The van der Waals surface area contributed by atoms with Gasteiger partial charge in [-0.3, -0.25) is 4.79 Å². The molecule has 4 rings (SSSR count). The van der Waals surface area contributed by atoms with Gasteiger partial charge in [0.15, 0.2) is 9.84 Å². The third-order valence-electron chi connectivity index (χ3n) is 6.83. The highest BCUT2D eigenvalue weighted by atomic mass is 32.2. The Morgan fingerprint density at radius 2 is 1.61 bits per heavy atom. The Bertz CT molecular complexity index is 1030. The molecule has 0 radical (unpaired) electrons. The molecule has 0 N–H and O–H groups in total. The van der Waals surface area contributed by atoms with Gasteiger partial charge in [-0.2, -0.15) is 0 Å². The van der Waals surface area contributed by atoms with Crippen molar-refractivity contribution in [2.45, 2.75) is 43.5 Å². The van der Waals surface area contributed by atoms with E-state index in [1.807, 2.05) is 12.1 Å². The van der Waals surface area contributed by atoms with Gasteiger partial charge in [-0.1, -0.05) is 36.4 Å². The number of carbonyl (C=O) groups excluding carboxylic acids is 1. The summed E-state index contributed by atoms with van der Waals surface area (Å²) in [6.45, 7) is 6.70. The fraction of sp³-hybridized carbons (Fsp3) is 0.500. The van der Waals surface area contributed by atoms with E-state index >= 15 is 0 Å². The van der Waals surface area contributed by atoms with Crippen LogP contribution in [0.5, 0.6) is 0 Å². The lowest BCUT2D eigenvalue weighted by Gasteiger charge is -2.26. The van der Waals surface area contributed by atoms with Crippen molar-refractivity contribution in [2.24, 2.45) is 0 Å². The summed E-state index contributed by atoms with van der Waals surface area (Å²) in [6, 6.07) is 16.2. The molecule has 2 aliphatic rings. The molecule has 1 amide bonds. The van der Waals surface area contributed by atoms with Crippen molar-refractivity contribution in [1.29, 1.82) is 0 Å². The lowest BCUT2D eigenvalue weighted by atomic mass is 10.0. The van der Waals surface area contributed by atoms with E-state index in [0.717, 1.165) is 24.1 Å². The number of amides is 1. The van der Waals surface area contributed by atoms with Gasteiger partial charge in [0, 0.05) is 32.1 Å². The Balaban J connectivity index is 1.32. The van der Waals surface area contributed by atoms with Gasteiger partial charge in [0.2, 0.25) is 5.91 Å². The fourth-order valence-corrected chi connectivity index (χ4v) is 5.86. The Hall–Kier alpha value is -2.22. The van der Waals surface area contributed by atoms with E-state index < -0.39 is 9.84 Å². The maximum absolute atomic E-state index is 12.7. The zero-order valence-electron chi connectivity index (χ0n) is 19.4. The van der Waals surface area contributed by atoms with Crippen LogP contribution in [0.3, 0.4) is 0 Å². The van der Waals surface area contributed by atoms with E-state index in [-0.39, 0.29) is 23.0 Å². The second-order valence-electron chi connectivity index (χ2n) is 9.06. The molecule has 2 aromatic carbocycles. The quantitative estimate of drug-likeness (QED) is 0.592. The number of hydrogen-bond donors (Lipinski definition) is 0. The fourth-order valence-electron chi connectivity index (χ4n) is 4.63. The SMILES string of the molecule is CC1CCCN1CCc1ccc(-c2ccc(S(=O)(=O)CCC(=O)N3CCOCC3)cc2)cc1. The zero-order chi connectivity index (χ0) is 23.3. The molecule has 0 spiro atoms. The topological polar surface area (TPSA) is 66.9 Å². The number of hydrogen-bond acceptors (Lipinski definition) is 5. The normalized spacial score (nSPS) is 19.7. The van der Waals surface area contributed by atoms with Crippen molar-refractivity contribution in [3.63, 3.8) is 0 Å². The number of benzene rings is 2. The largest absolute Gasteiger partial charge is 0.378 e. The first kappa shape index (κ1) is 23.9. The standard InChI is InChI=1S/C26H34N2O4S/c1-21-3-2-14-27(21)15-12-22-4-6-23(7-5-22)24-8-10-25(11-9-24)33(30,31)20-13-26(29)28-16-18-32-19-17-28/h4-11,21H,2-3,12-20H2,1H3. The molecule has 2 aromatic rings. The summed E-state index contributed by atoms with van der Waals surface area (Å²) in [7, 11) is -3.50. The Morgan fingerprint density at radius 3 is 2.21 bits per heavy atom. The van der Waals surface area contributed by atoms with Crippen molar-refractivity contribution in [1.82, 2.24) is 9.80 Å². The lowest BCUT2D eigenvalue weighted by Crippen LogP contribution is -2.41. The van der Waals surface area contributed by atoms with Gasteiger partial charge in [0.1, 0.15) is 0 Å². The molecule has 0 aliphatic carbocycles. The molecule has 6 nitrogen and oxygen atoms in total. The molecule has 33 heavy (non-hydrogen) atoms. The average molecular weight is 471 g/mol. The maximum Gasteiger partial charge on any atom is 0.223 e. The second kappa shape index (κ2) is 10.8. The number of ether oxygens (including phenoxy) is 1. The van der Waals surface area contributed by atoms with Gasteiger partial charge in [-0.05, 0) is 61.6 Å². The molecule has 2 fully saturated rings. The van der Waals surface area contributed by atoms with Crippen molar-refractivity contribution >= 4 is 15.7 Å². The number of rotatable bonds is 8. The van der Waals surface area contributed by atoms with E-state index in [1.54, 1.807) is 17.0 Å². The molecule has 0 bridgehead atoms. The maximum atomic E-state index is 12.7. The molecule has 1 atom stereocenters. The van der Waals surface area contributed by atoms with Crippen LogP contribution < -0.4 is 0 Å². The molecule has 1 unspecified atom stereocenters. The Labute approximate surface area is 197 Å². The third kappa shape index (κ3) is 6.22. The summed E-state index contributed by atoms with van der Waals surface area (Å²) in [6.07, 6.45) is 3.65. The summed E-state index contributed by atoms with van der Waals surface area (Å²) < 4.78 is 30.7. The smallest absolute Gasteiger partial charge is 0.223 e. The number of likely N-dealkylation sites (tertiary alicyclic amines) is 1. The number of sulfone groups is 1. The number of nitrogens with zero attached hydrogens (tertiary/aromatic N) is 2. The predicted octanol–water partition coefficient (Wildman–Crippen LogP) is 3.40. The highest BCUT2D eigenvalue weighted by Gasteiger charge is 2.22. The minimum absolute atomic E-state index is 0.00174. The molecule has 2 saturated heterocycles. The first-order valence-corrected chi connectivity index (χ1v) is 13.6. The van der Waals surface area contributed by atoms with Crippen LogP contribution in [-0.2, 0) is 25.8 Å². The van der Waals surface area contributed by atoms with Crippen LogP contribution in [-0.4, -0.2) is 75.3 Å². The highest BCUT2D eigenvalue weighted by Crippen LogP contribution is 2.23. The van der Waals surface area contributed by atoms with Crippen LogP contribution >= 0.6 is 0 Å². The van der Waals surface area contributed by atoms with E-state index in [0.29, 0.717) is 32.3 Å². The molecule has 178 valence electrons.